The van der Waals surface area contributed by atoms with E-state index < -0.39 is 17.5 Å². The summed E-state index contributed by atoms with van der Waals surface area (Å²) in [7, 11) is 1.44. The quantitative estimate of drug-likeness (QED) is 0.655. The highest BCUT2D eigenvalue weighted by Crippen LogP contribution is 2.13. The third-order valence-corrected chi connectivity index (χ3v) is 2.06. The molecule has 0 unspecified atom stereocenters. The van der Waals surface area contributed by atoms with Crippen LogP contribution in [0.1, 0.15) is 52.1 Å². The van der Waals surface area contributed by atoms with E-state index in [0.29, 0.717) is 6.29 Å². The number of pyridine rings is 1. The Morgan fingerprint density at radius 3 is 2.42 bits per heavy atom. The van der Waals surface area contributed by atoms with Gasteiger partial charge in [-0.05, 0) is 32.9 Å². The van der Waals surface area contributed by atoms with Crippen LogP contribution in [0.15, 0.2) is 12.1 Å². The monoisotopic (exact) mass is 264 g/mol. The zero-order valence-electron chi connectivity index (χ0n) is 11.3. The lowest BCUT2D eigenvalue weighted by Crippen LogP contribution is -2.25. The molecule has 102 valence electrons. The van der Waals surface area contributed by atoms with E-state index in [9.17, 15) is 14.4 Å². The third kappa shape index (κ3) is 4.17. The van der Waals surface area contributed by atoms with E-state index in [1.54, 1.807) is 20.8 Å². The number of carbonyl (C=O) groups excluding carboxylic acids is 3. The van der Waals surface area contributed by atoms with Crippen LogP contribution in [0.2, 0.25) is 0 Å². The van der Waals surface area contributed by atoms with Crippen molar-refractivity contribution in [1.29, 1.82) is 0 Å². The average Bonchev–Trinajstić information content (AvgIpc) is 2.35. The predicted octanol–water partition coefficient (Wildman–Crippen LogP) is 1.21. The number of carbonyl (C=O) groups is 3. The molecule has 0 aliphatic heterocycles. The van der Waals surface area contributed by atoms with E-state index in [1.165, 1.54) is 19.2 Å². The molecule has 1 heterocycles. The van der Waals surface area contributed by atoms with E-state index >= 15 is 0 Å². The fourth-order valence-electron chi connectivity index (χ4n) is 1.31. The van der Waals surface area contributed by atoms with Crippen molar-refractivity contribution in [3.8, 4) is 0 Å². The minimum Gasteiger partial charge on any atom is -0.456 e. The molecule has 1 amide bonds. The van der Waals surface area contributed by atoms with Crippen LogP contribution < -0.4 is 5.32 Å². The maximum atomic E-state index is 11.9. The van der Waals surface area contributed by atoms with Gasteiger partial charge in [-0.25, -0.2) is 9.78 Å². The Morgan fingerprint density at radius 1 is 1.32 bits per heavy atom. The maximum absolute atomic E-state index is 11.9. The number of aldehydes is 1. The molecule has 1 N–H and O–H groups in total. The summed E-state index contributed by atoms with van der Waals surface area (Å²) in [4.78, 5) is 38.0. The lowest BCUT2D eigenvalue weighted by molar-refractivity contribution is 0.00693. The largest absolute Gasteiger partial charge is 0.456 e. The second-order valence-corrected chi connectivity index (χ2v) is 4.86. The fourth-order valence-corrected chi connectivity index (χ4v) is 1.31. The Hall–Kier alpha value is -2.24. The lowest BCUT2D eigenvalue weighted by atomic mass is 10.1. The second kappa shape index (κ2) is 5.60. The van der Waals surface area contributed by atoms with Gasteiger partial charge in [0.05, 0.1) is 5.56 Å². The number of nitrogens with zero attached hydrogens (tertiary/aromatic N) is 1. The van der Waals surface area contributed by atoms with Crippen molar-refractivity contribution in [2.24, 2.45) is 0 Å². The molecule has 0 atom stereocenters. The van der Waals surface area contributed by atoms with Gasteiger partial charge in [0.25, 0.3) is 5.91 Å². The van der Waals surface area contributed by atoms with E-state index in [-0.39, 0.29) is 17.0 Å². The lowest BCUT2D eigenvalue weighted by Gasteiger charge is -2.19. The summed E-state index contributed by atoms with van der Waals surface area (Å²) in [5.74, 6) is -1.09. The number of hydrogen-bond donors (Lipinski definition) is 1. The molecule has 0 radical (unpaired) electrons. The van der Waals surface area contributed by atoms with E-state index in [1.807, 2.05) is 0 Å². The van der Waals surface area contributed by atoms with Crippen LogP contribution in [0.4, 0.5) is 0 Å². The van der Waals surface area contributed by atoms with Crippen LogP contribution in [0.5, 0.6) is 0 Å². The van der Waals surface area contributed by atoms with Crippen molar-refractivity contribution in [2.75, 3.05) is 7.05 Å². The van der Waals surface area contributed by atoms with Gasteiger partial charge in [0.2, 0.25) is 0 Å². The Bertz CT molecular complexity index is 518. The van der Waals surface area contributed by atoms with E-state index in [2.05, 4.69) is 10.3 Å². The zero-order valence-corrected chi connectivity index (χ0v) is 11.3. The Morgan fingerprint density at radius 2 is 1.95 bits per heavy atom. The van der Waals surface area contributed by atoms with Gasteiger partial charge in [-0.15, -0.1) is 0 Å². The van der Waals surface area contributed by atoms with Gasteiger partial charge >= 0.3 is 5.97 Å². The summed E-state index contributed by atoms with van der Waals surface area (Å²) in [6.07, 6.45) is 0.473. The van der Waals surface area contributed by atoms with Gasteiger partial charge in [-0.3, -0.25) is 9.59 Å². The Labute approximate surface area is 111 Å². The molecule has 1 rings (SSSR count). The summed E-state index contributed by atoms with van der Waals surface area (Å²) < 4.78 is 5.18. The minimum atomic E-state index is -0.658. The normalized spacial score (nSPS) is 10.7. The first-order valence-electron chi connectivity index (χ1n) is 5.69. The van der Waals surface area contributed by atoms with Crippen molar-refractivity contribution >= 4 is 18.2 Å². The standard InChI is InChI=1S/C13H16N2O4/c1-13(2,3)19-12(18)8-5-9(7-16)15-10(6-8)11(17)14-4/h5-7H,1-4H3,(H,14,17). The first kappa shape index (κ1) is 14.8. The number of hydrogen-bond acceptors (Lipinski definition) is 5. The van der Waals surface area contributed by atoms with E-state index in [4.69, 9.17) is 4.74 Å². The van der Waals surface area contributed by atoms with Gasteiger partial charge in [0, 0.05) is 7.05 Å². The third-order valence-electron chi connectivity index (χ3n) is 2.06. The predicted molar refractivity (Wildman–Crippen MR) is 68.2 cm³/mol. The smallest absolute Gasteiger partial charge is 0.338 e. The fraction of sp³-hybridized carbons (Fsp3) is 0.385. The van der Waals surface area contributed by atoms with E-state index in [0.717, 1.165) is 0 Å². The first-order valence-corrected chi connectivity index (χ1v) is 5.69. The van der Waals surface area contributed by atoms with Gasteiger partial charge < -0.3 is 10.1 Å². The van der Waals surface area contributed by atoms with Crippen molar-refractivity contribution in [1.82, 2.24) is 10.3 Å². The molecule has 1 aromatic rings. The Balaban J connectivity index is 3.17. The van der Waals surface area contributed by atoms with Crippen molar-refractivity contribution in [3.05, 3.63) is 29.1 Å². The molecule has 0 saturated heterocycles. The van der Waals surface area contributed by atoms with Crippen LogP contribution in [0.25, 0.3) is 0 Å². The molecule has 0 aliphatic carbocycles. The summed E-state index contributed by atoms with van der Waals surface area (Å²) in [6.45, 7) is 5.19. The molecule has 6 nitrogen and oxygen atoms in total. The van der Waals surface area contributed by atoms with Gasteiger partial charge in [-0.1, -0.05) is 0 Å². The van der Waals surface area contributed by atoms with Crippen molar-refractivity contribution in [3.63, 3.8) is 0 Å². The first-order chi connectivity index (χ1) is 8.76. The summed E-state index contributed by atoms with van der Waals surface area (Å²) in [5, 5.41) is 2.38. The average molecular weight is 264 g/mol. The topological polar surface area (TPSA) is 85.4 Å². The second-order valence-electron chi connectivity index (χ2n) is 4.86. The number of amides is 1. The van der Waals surface area contributed by atoms with Crippen LogP contribution in [-0.2, 0) is 4.74 Å². The van der Waals surface area contributed by atoms with Crippen molar-refractivity contribution in [2.45, 2.75) is 26.4 Å². The van der Waals surface area contributed by atoms with Gasteiger partial charge in [-0.2, -0.15) is 0 Å². The maximum Gasteiger partial charge on any atom is 0.338 e. The number of esters is 1. The van der Waals surface area contributed by atoms with Crippen LogP contribution in [0.3, 0.4) is 0 Å². The molecular formula is C13H16N2O4. The van der Waals surface area contributed by atoms with Gasteiger partial charge in [0.1, 0.15) is 17.0 Å². The van der Waals surface area contributed by atoms with Crippen LogP contribution in [-0.4, -0.2) is 35.8 Å². The summed E-state index contributed by atoms with van der Waals surface area (Å²) >= 11 is 0. The molecule has 6 heteroatoms. The van der Waals surface area contributed by atoms with Crippen LogP contribution >= 0.6 is 0 Å². The van der Waals surface area contributed by atoms with Crippen molar-refractivity contribution < 1.29 is 19.1 Å². The molecule has 0 bridgehead atoms. The number of aromatic nitrogens is 1. The number of rotatable bonds is 3. The minimum absolute atomic E-state index is 0.00181. The molecule has 0 saturated carbocycles. The zero-order chi connectivity index (χ0) is 14.6. The number of ether oxygens (including phenoxy) is 1. The van der Waals surface area contributed by atoms with Gasteiger partial charge in [0.15, 0.2) is 6.29 Å². The number of nitrogens with one attached hydrogen (secondary N) is 1. The molecule has 0 fully saturated rings. The SMILES string of the molecule is CNC(=O)c1cc(C(=O)OC(C)(C)C)cc(C=O)n1. The molecule has 1 aromatic heterocycles. The highest BCUT2D eigenvalue weighted by Gasteiger charge is 2.20. The Kier molecular flexibility index (Phi) is 4.37. The summed E-state index contributed by atoms with van der Waals surface area (Å²) in [5.41, 5.74) is -0.546. The molecule has 0 aliphatic rings. The highest BCUT2D eigenvalue weighted by molar-refractivity contribution is 5.97. The molecular weight excluding hydrogens is 248 g/mol. The molecule has 19 heavy (non-hydrogen) atoms. The highest BCUT2D eigenvalue weighted by atomic mass is 16.6. The molecule has 0 spiro atoms. The molecule has 0 aromatic carbocycles. The summed E-state index contributed by atoms with van der Waals surface area (Å²) in [6, 6.07) is 2.58. The van der Waals surface area contributed by atoms with Crippen LogP contribution in [0, 0.1) is 0 Å².